The van der Waals surface area contributed by atoms with Crippen molar-refractivity contribution in [2.24, 2.45) is 0 Å². The quantitative estimate of drug-likeness (QED) is 0.316. The molecule has 0 spiro atoms. The van der Waals surface area contributed by atoms with Gasteiger partial charge in [-0.2, -0.15) is 5.06 Å². The smallest absolute Gasteiger partial charge is 0.303 e. The predicted octanol–water partition coefficient (Wildman–Crippen LogP) is 6.04. The summed E-state index contributed by atoms with van der Waals surface area (Å²) in [5, 5.41) is 18.4. The van der Waals surface area contributed by atoms with Crippen LogP contribution in [0.3, 0.4) is 0 Å². The van der Waals surface area contributed by atoms with E-state index in [4.69, 9.17) is 15.1 Å². The number of carboxylic acids is 1. The van der Waals surface area contributed by atoms with Crippen LogP contribution in [0.1, 0.15) is 110 Å². The van der Waals surface area contributed by atoms with Gasteiger partial charge in [0.25, 0.3) is 0 Å². The fourth-order valence-corrected chi connectivity index (χ4v) is 3.20. The number of morpholine rings is 1. The fraction of sp³-hybridized carbons (Fsp3) is 0.955. The first kappa shape index (κ1) is 26.4. The normalized spacial score (nSPS) is 14.6. The Bertz CT molecular complexity index is 307. The van der Waals surface area contributed by atoms with Crippen LogP contribution in [-0.4, -0.2) is 47.6 Å². The number of nitrogens with zero attached hydrogens (tertiary/aromatic N) is 1. The number of carbonyl (C=O) groups is 1. The standard InChI is InChI=1S/C18H36O2.C4H9NO2/c1-2-3-4-5-6-7-8-9-10-11-12-13-14-15-16-17-18(19)20;6-5-1-3-7-4-2-5/h2-17H2,1H3,(H,19,20);6H,1-4H2. The van der Waals surface area contributed by atoms with Gasteiger partial charge < -0.3 is 15.1 Å². The number of hydroxylamine groups is 2. The third kappa shape index (κ3) is 23.3. The molecule has 0 amide bonds. The van der Waals surface area contributed by atoms with Gasteiger partial charge in [0.2, 0.25) is 0 Å². The first-order chi connectivity index (χ1) is 13.2. The molecule has 162 valence electrons. The highest BCUT2D eigenvalue weighted by Crippen LogP contribution is 2.13. The molecule has 0 saturated carbocycles. The van der Waals surface area contributed by atoms with E-state index in [0.29, 0.717) is 32.7 Å². The second kappa shape index (κ2) is 21.6. The van der Waals surface area contributed by atoms with Crippen LogP contribution >= 0.6 is 0 Å². The molecule has 1 aliphatic rings. The molecule has 1 fully saturated rings. The van der Waals surface area contributed by atoms with E-state index >= 15 is 0 Å². The maximum Gasteiger partial charge on any atom is 0.303 e. The largest absolute Gasteiger partial charge is 0.481 e. The van der Waals surface area contributed by atoms with E-state index < -0.39 is 5.97 Å². The molecule has 5 heteroatoms. The first-order valence-corrected chi connectivity index (χ1v) is 11.4. The van der Waals surface area contributed by atoms with Crippen molar-refractivity contribution in [1.29, 1.82) is 0 Å². The van der Waals surface area contributed by atoms with Gasteiger partial charge in [-0.1, -0.05) is 96.8 Å². The van der Waals surface area contributed by atoms with Gasteiger partial charge in [-0.05, 0) is 6.42 Å². The minimum Gasteiger partial charge on any atom is -0.481 e. The fourth-order valence-electron chi connectivity index (χ4n) is 3.20. The predicted molar refractivity (Wildman–Crippen MR) is 111 cm³/mol. The SMILES string of the molecule is CCCCCCCCCCCCCCCCCC(=O)O.ON1CCOCC1. The van der Waals surface area contributed by atoms with Crippen molar-refractivity contribution in [3.05, 3.63) is 0 Å². The van der Waals surface area contributed by atoms with Crippen LogP contribution in [0.4, 0.5) is 0 Å². The van der Waals surface area contributed by atoms with E-state index in [0.717, 1.165) is 12.8 Å². The lowest BCUT2D eigenvalue weighted by Gasteiger charge is -2.19. The highest BCUT2D eigenvalue weighted by molar-refractivity contribution is 5.66. The summed E-state index contributed by atoms with van der Waals surface area (Å²) in [4.78, 5) is 10.3. The summed E-state index contributed by atoms with van der Waals surface area (Å²) in [5.74, 6) is -0.653. The highest BCUT2D eigenvalue weighted by atomic mass is 16.5. The average molecular weight is 388 g/mol. The molecule has 0 aromatic carbocycles. The van der Waals surface area contributed by atoms with Crippen molar-refractivity contribution < 1.29 is 19.8 Å². The average Bonchev–Trinajstić information content (AvgIpc) is 2.66. The molecule has 1 heterocycles. The van der Waals surface area contributed by atoms with Crippen LogP contribution < -0.4 is 0 Å². The van der Waals surface area contributed by atoms with E-state index in [1.54, 1.807) is 0 Å². The van der Waals surface area contributed by atoms with E-state index in [1.807, 2.05) is 0 Å². The second-order valence-corrected chi connectivity index (χ2v) is 7.66. The van der Waals surface area contributed by atoms with Crippen LogP contribution in [0.25, 0.3) is 0 Å². The monoisotopic (exact) mass is 387 g/mol. The highest BCUT2D eigenvalue weighted by Gasteiger charge is 2.04. The molecule has 1 rings (SSSR count). The molecular formula is C22H45NO4. The number of unbranched alkanes of at least 4 members (excludes halogenated alkanes) is 14. The molecule has 1 saturated heterocycles. The Hall–Kier alpha value is -0.650. The van der Waals surface area contributed by atoms with Gasteiger partial charge >= 0.3 is 5.97 Å². The molecular weight excluding hydrogens is 342 g/mol. The Morgan fingerprint density at radius 3 is 1.41 bits per heavy atom. The van der Waals surface area contributed by atoms with Crippen molar-refractivity contribution in [3.8, 4) is 0 Å². The van der Waals surface area contributed by atoms with Gasteiger partial charge in [0.1, 0.15) is 0 Å². The van der Waals surface area contributed by atoms with Gasteiger partial charge in [0.05, 0.1) is 13.2 Å². The summed E-state index contributed by atoms with van der Waals surface area (Å²) >= 11 is 0. The molecule has 27 heavy (non-hydrogen) atoms. The topological polar surface area (TPSA) is 70.0 Å². The molecule has 2 N–H and O–H groups in total. The second-order valence-electron chi connectivity index (χ2n) is 7.66. The molecule has 0 aromatic heterocycles. The minimum atomic E-state index is -0.653. The third-order valence-corrected chi connectivity index (χ3v) is 4.98. The van der Waals surface area contributed by atoms with Crippen molar-refractivity contribution in [3.63, 3.8) is 0 Å². The number of ether oxygens (including phenoxy) is 1. The van der Waals surface area contributed by atoms with Crippen LogP contribution in [0, 0.1) is 0 Å². The Balaban J connectivity index is 0.000000797. The summed E-state index contributed by atoms with van der Waals surface area (Å²) in [6.45, 7) is 4.90. The lowest BCUT2D eigenvalue weighted by Crippen LogP contribution is -2.33. The van der Waals surface area contributed by atoms with Gasteiger partial charge in [0.15, 0.2) is 0 Å². The van der Waals surface area contributed by atoms with E-state index in [-0.39, 0.29) is 0 Å². The van der Waals surface area contributed by atoms with Crippen molar-refractivity contribution in [2.75, 3.05) is 26.3 Å². The summed E-state index contributed by atoms with van der Waals surface area (Å²) in [5.41, 5.74) is 0. The molecule has 0 atom stereocenters. The lowest BCUT2D eigenvalue weighted by atomic mass is 10.0. The van der Waals surface area contributed by atoms with Crippen LogP contribution in [0.5, 0.6) is 0 Å². The third-order valence-electron chi connectivity index (χ3n) is 4.98. The van der Waals surface area contributed by atoms with E-state index in [9.17, 15) is 4.79 Å². The number of aliphatic carboxylic acids is 1. The molecule has 0 unspecified atom stereocenters. The number of carboxylic acid groups (broad SMARTS) is 1. The van der Waals surface area contributed by atoms with Crippen molar-refractivity contribution >= 4 is 5.97 Å². The Morgan fingerprint density at radius 1 is 0.741 bits per heavy atom. The van der Waals surface area contributed by atoms with Crippen LogP contribution in [0.15, 0.2) is 0 Å². The van der Waals surface area contributed by atoms with E-state index in [2.05, 4.69) is 6.92 Å². The first-order valence-electron chi connectivity index (χ1n) is 11.4. The zero-order valence-electron chi connectivity index (χ0n) is 17.8. The summed E-state index contributed by atoms with van der Waals surface area (Å²) in [6, 6.07) is 0. The summed E-state index contributed by atoms with van der Waals surface area (Å²) < 4.78 is 4.94. The number of hydrogen-bond acceptors (Lipinski definition) is 4. The zero-order chi connectivity index (χ0) is 20.0. The molecule has 0 bridgehead atoms. The molecule has 5 nitrogen and oxygen atoms in total. The zero-order valence-corrected chi connectivity index (χ0v) is 17.8. The van der Waals surface area contributed by atoms with Crippen LogP contribution in [-0.2, 0) is 9.53 Å². The number of rotatable bonds is 16. The van der Waals surface area contributed by atoms with Crippen LogP contribution in [0.2, 0.25) is 0 Å². The molecule has 0 radical (unpaired) electrons. The summed E-state index contributed by atoms with van der Waals surface area (Å²) in [7, 11) is 0. The lowest BCUT2D eigenvalue weighted by molar-refractivity contribution is -0.143. The van der Waals surface area contributed by atoms with E-state index in [1.165, 1.54) is 88.5 Å². The summed E-state index contributed by atoms with van der Waals surface area (Å²) in [6.07, 6.45) is 20.2. The maximum absolute atomic E-state index is 10.3. The molecule has 1 aliphatic heterocycles. The van der Waals surface area contributed by atoms with Gasteiger partial charge in [-0.25, -0.2) is 0 Å². The Morgan fingerprint density at radius 2 is 1.11 bits per heavy atom. The van der Waals surface area contributed by atoms with Crippen molar-refractivity contribution in [2.45, 2.75) is 110 Å². The molecule has 0 aliphatic carbocycles. The van der Waals surface area contributed by atoms with Gasteiger partial charge in [-0.3, -0.25) is 4.79 Å². The maximum atomic E-state index is 10.3. The number of hydrogen-bond donors (Lipinski definition) is 2. The Kier molecular flexibility index (Phi) is 21.1. The minimum absolute atomic E-state index is 0.345. The Labute approximate surface area is 167 Å². The van der Waals surface area contributed by atoms with Crippen molar-refractivity contribution in [1.82, 2.24) is 5.06 Å². The van der Waals surface area contributed by atoms with Gasteiger partial charge in [-0.15, -0.1) is 0 Å². The molecule has 0 aromatic rings. The van der Waals surface area contributed by atoms with Gasteiger partial charge in [0, 0.05) is 19.5 Å².